The fraction of sp³-hybridized carbons (Fsp3) is 0.389. The van der Waals surface area contributed by atoms with Crippen LogP contribution in [0.3, 0.4) is 0 Å². The predicted octanol–water partition coefficient (Wildman–Crippen LogP) is 3.66. The topological polar surface area (TPSA) is 38.9 Å². The highest BCUT2D eigenvalue weighted by Crippen LogP contribution is 2.25. The van der Waals surface area contributed by atoms with Crippen molar-refractivity contribution < 1.29 is 0 Å². The highest BCUT2D eigenvalue weighted by Gasteiger charge is 2.15. The second-order valence-corrected chi connectivity index (χ2v) is 6.37. The molecule has 106 valence electrons. The average Bonchev–Trinajstić information content (AvgIpc) is 2.45. The fourth-order valence-electron chi connectivity index (χ4n) is 2.40. The molecule has 2 heteroatoms. The lowest BCUT2D eigenvalue weighted by molar-refractivity contribution is 0.589. The third-order valence-corrected chi connectivity index (χ3v) is 3.74. The molecular formula is C18H24N2. The van der Waals surface area contributed by atoms with Crippen molar-refractivity contribution in [2.45, 2.75) is 38.5 Å². The van der Waals surface area contributed by atoms with Gasteiger partial charge in [0.15, 0.2) is 0 Å². The van der Waals surface area contributed by atoms with Crippen molar-refractivity contribution in [3.8, 4) is 0 Å². The van der Waals surface area contributed by atoms with Crippen LogP contribution in [0.5, 0.6) is 0 Å². The molecule has 1 atom stereocenters. The molecule has 0 radical (unpaired) electrons. The van der Waals surface area contributed by atoms with Crippen LogP contribution in [0, 0.1) is 0 Å². The van der Waals surface area contributed by atoms with E-state index in [1.54, 1.807) is 6.20 Å². The van der Waals surface area contributed by atoms with Gasteiger partial charge in [-0.3, -0.25) is 4.98 Å². The SMILES string of the molecule is CC(C)(C)c1ccc(C(CN)Cc2cccnc2)cc1. The van der Waals surface area contributed by atoms with E-state index in [2.05, 4.69) is 56.1 Å². The summed E-state index contributed by atoms with van der Waals surface area (Å²) in [5, 5.41) is 0. The van der Waals surface area contributed by atoms with Crippen LogP contribution in [0.1, 0.15) is 43.4 Å². The molecule has 0 fully saturated rings. The number of aromatic nitrogens is 1. The highest BCUT2D eigenvalue weighted by atomic mass is 14.6. The molecule has 0 saturated heterocycles. The summed E-state index contributed by atoms with van der Waals surface area (Å²) in [6.07, 6.45) is 4.67. The minimum atomic E-state index is 0.195. The molecule has 1 unspecified atom stereocenters. The van der Waals surface area contributed by atoms with Gasteiger partial charge in [-0.05, 0) is 41.1 Å². The van der Waals surface area contributed by atoms with Crippen LogP contribution in [0.4, 0.5) is 0 Å². The number of rotatable bonds is 4. The lowest BCUT2D eigenvalue weighted by Crippen LogP contribution is -2.16. The maximum atomic E-state index is 5.96. The predicted molar refractivity (Wildman–Crippen MR) is 84.9 cm³/mol. The van der Waals surface area contributed by atoms with Gasteiger partial charge in [0.25, 0.3) is 0 Å². The van der Waals surface area contributed by atoms with Gasteiger partial charge < -0.3 is 5.73 Å². The Kier molecular flexibility index (Phi) is 4.56. The maximum absolute atomic E-state index is 5.96. The van der Waals surface area contributed by atoms with Gasteiger partial charge in [-0.25, -0.2) is 0 Å². The summed E-state index contributed by atoms with van der Waals surface area (Å²) < 4.78 is 0. The van der Waals surface area contributed by atoms with E-state index in [0.29, 0.717) is 12.5 Å². The minimum absolute atomic E-state index is 0.195. The lowest BCUT2D eigenvalue weighted by Gasteiger charge is -2.21. The summed E-state index contributed by atoms with van der Waals surface area (Å²) in [4.78, 5) is 4.17. The van der Waals surface area contributed by atoms with Gasteiger partial charge in [-0.15, -0.1) is 0 Å². The Morgan fingerprint density at radius 1 is 1.10 bits per heavy atom. The van der Waals surface area contributed by atoms with Crippen LogP contribution in [-0.2, 0) is 11.8 Å². The average molecular weight is 268 g/mol. The quantitative estimate of drug-likeness (QED) is 0.919. The molecule has 2 aromatic rings. The van der Waals surface area contributed by atoms with Crippen LogP contribution in [0.25, 0.3) is 0 Å². The molecule has 2 rings (SSSR count). The van der Waals surface area contributed by atoms with Crippen molar-refractivity contribution in [3.63, 3.8) is 0 Å². The second kappa shape index (κ2) is 6.19. The fourth-order valence-corrected chi connectivity index (χ4v) is 2.40. The van der Waals surface area contributed by atoms with Crippen molar-refractivity contribution in [2.24, 2.45) is 5.73 Å². The van der Waals surface area contributed by atoms with E-state index >= 15 is 0 Å². The first kappa shape index (κ1) is 14.7. The second-order valence-electron chi connectivity index (χ2n) is 6.37. The molecule has 20 heavy (non-hydrogen) atoms. The molecule has 0 aliphatic heterocycles. The highest BCUT2D eigenvalue weighted by molar-refractivity contribution is 5.30. The normalized spacial score (nSPS) is 13.2. The third kappa shape index (κ3) is 3.67. The largest absolute Gasteiger partial charge is 0.330 e. The molecule has 0 spiro atoms. The number of pyridine rings is 1. The first-order valence-corrected chi connectivity index (χ1v) is 7.20. The molecule has 0 aliphatic carbocycles. The van der Waals surface area contributed by atoms with E-state index in [1.165, 1.54) is 16.7 Å². The maximum Gasteiger partial charge on any atom is 0.0300 e. The Labute approximate surface area is 122 Å². The molecule has 0 saturated carbocycles. The van der Waals surface area contributed by atoms with E-state index in [1.807, 2.05) is 12.3 Å². The zero-order valence-electron chi connectivity index (χ0n) is 12.6. The Morgan fingerprint density at radius 2 is 1.80 bits per heavy atom. The monoisotopic (exact) mass is 268 g/mol. The number of nitrogens with two attached hydrogens (primary N) is 1. The summed E-state index contributed by atoms with van der Waals surface area (Å²) in [6.45, 7) is 7.36. The van der Waals surface area contributed by atoms with Gasteiger partial charge in [-0.2, -0.15) is 0 Å². The van der Waals surface area contributed by atoms with Crippen molar-refractivity contribution in [1.82, 2.24) is 4.98 Å². The van der Waals surface area contributed by atoms with Gasteiger partial charge >= 0.3 is 0 Å². The summed E-state index contributed by atoms with van der Waals surface area (Å²) in [5.74, 6) is 0.355. The number of hydrogen-bond donors (Lipinski definition) is 1. The first-order valence-electron chi connectivity index (χ1n) is 7.20. The zero-order valence-corrected chi connectivity index (χ0v) is 12.6. The van der Waals surface area contributed by atoms with Crippen molar-refractivity contribution in [3.05, 3.63) is 65.5 Å². The van der Waals surface area contributed by atoms with Crippen molar-refractivity contribution >= 4 is 0 Å². The van der Waals surface area contributed by atoms with Crippen LogP contribution in [-0.4, -0.2) is 11.5 Å². The van der Waals surface area contributed by atoms with E-state index < -0.39 is 0 Å². The number of nitrogens with zero attached hydrogens (tertiary/aromatic N) is 1. The van der Waals surface area contributed by atoms with Crippen molar-refractivity contribution in [2.75, 3.05) is 6.54 Å². The number of hydrogen-bond acceptors (Lipinski definition) is 2. The Balaban J connectivity index is 2.16. The number of benzene rings is 1. The summed E-state index contributed by atoms with van der Waals surface area (Å²) in [7, 11) is 0. The van der Waals surface area contributed by atoms with Crippen LogP contribution >= 0.6 is 0 Å². The van der Waals surface area contributed by atoms with Gasteiger partial charge in [0.05, 0.1) is 0 Å². The molecule has 2 nitrogen and oxygen atoms in total. The third-order valence-electron chi connectivity index (χ3n) is 3.74. The van der Waals surface area contributed by atoms with Gasteiger partial charge in [0.2, 0.25) is 0 Å². The van der Waals surface area contributed by atoms with E-state index in [9.17, 15) is 0 Å². The van der Waals surface area contributed by atoms with Gasteiger partial charge in [0, 0.05) is 18.3 Å². The zero-order chi connectivity index (χ0) is 14.6. The summed E-state index contributed by atoms with van der Waals surface area (Å²) in [6, 6.07) is 13.0. The van der Waals surface area contributed by atoms with Crippen LogP contribution < -0.4 is 5.73 Å². The van der Waals surface area contributed by atoms with Crippen LogP contribution in [0.15, 0.2) is 48.8 Å². The van der Waals surface area contributed by atoms with Gasteiger partial charge in [-0.1, -0.05) is 51.1 Å². The molecular weight excluding hydrogens is 244 g/mol. The molecule has 1 aromatic carbocycles. The minimum Gasteiger partial charge on any atom is -0.330 e. The molecule has 1 aromatic heterocycles. The Bertz CT molecular complexity index is 524. The smallest absolute Gasteiger partial charge is 0.0300 e. The summed E-state index contributed by atoms with van der Waals surface area (Å²) in [5.41, 5.74) is 10.1. The molecule has 0 bridgehead atoms. The molecule has 1 heterocycles. The lowest BCUT2D eigenvalue weighted by atomic mass is 9.85. The van der Waals surface area contributed by atoms with Gasteiger partial charge in [0.1, 0.15) is 0 Å². The molecule has 0 aliphatic rings. The summed E-state index contributed by atoms with van der Waals surface area (Å²) >= 11 is 0. The van der Waals surface area contributed by atoms with E-state index in [-0.39, 0.29) is 5.41 Å². The Hall–Kier alpha value is -1.67. The Morgan fingerprint density at radius 3 is 2.30 bits per heavy atom. The molecule has 2 N–H and O–H groups in total. The van der Waals surface area contributed by atoms with E-state index in [0.717, 1.165) is 6.42 Å². The van der Waals surface area contributed by atoms with Crippen molar-refractivity contribution in [1.29, 1.82) is 0 Å². The first-order chi connectivity index (χ1) is 9.50. The molecule has 0 amide bonds. The van der Waals surface area contributed by atoms with Crippen LogP contribution in [0.2, 0.25) is 0 Å². The van der Waals surface area contributed by atoms with E-state index in [4.69, 9.17) is 5.73 Å². The standard InChI is InChI=1S/C18H24N2/c1-18(2,3)17-8-6-15(7-9-17)16(12-19)11-14-5-4-10-20-13-14/h4-10,13,16H,11-12,19H2,1-3H3.